The van der Waals surface area contributed by atoms with Crippen LogP contribution in [0.5, 0.6) is 0 Å². The smallest absolute Gasteiger partial charge is 0.155 e. The number of hydrogen-bond donors (Lipinski definition) is 1. The van der Waals surface area contributed by atoms with E-state index in [1.807, 2.05) is 0 Å². The molecule has 6 heteroatoms. The van der Waals surface area contributed by atoms with E-state index in [4.69, 9.17) is 5.73 Å². The maximum absolute atomic E-state index is 13.2. The van der Waals surface area contributed by atoms with Crippen molar-refractivity contribution in [2.24, 2.45) is 0 Å². The molecule has 2 N–H and O–H groups in total. The van der Waals surface area contributed by atoms with Crippen molar-refractivity contribution in [2.75, 3.05) is 5.73 Å². The van der Waals surface area contributed by atoms with Crippen LogP contribution < -0.4 is 5.73 Å². The largest absolute Gasteiger partial charge is 0.382 e. The number of nitrogen functional groups attached to an aromatic ring is 1. The van der Waals surface area contributed by atoms with Crippen molar-refractivity contribution in [1.82, 2.24) is 20.0 Å². The van der Waals surface area contributed by atoms with Gasteiger partial charge in [0.05, 0.1) is 5.69 Å². The molecule has 0 saturated heterocycles. The molecular formula is C13H10FN5. The number of benzene rings is 1. The van der Waals surface area contributed by atoms with Gasteiger partial charge in [0.2, 0.25) is 0 Å². The highest BCUT2D eigenvalue weighted by Gasteiger charge is 2.12. The number of nitrogens with two attached hydrogens (primary N) is 1. The van der Waals surface area contributed by atoms with Crippen molar-refractivity contribution in [3.05, 3.63) is 54.6 Å². The van der Waals surface area contributed by atoms with E-state index in [2.05, 4.69) is 15.3 Å². The number of rotatable bonds is 2. The second-order valence-electron chi connectivity index (χ2n) is 3.95. The Kier molecular flexibility index (Phi) is 2.68. The molecule has 0 atom stereocenters. The second kappa shape index (κ2) is 4.49. The topological polar surface area (TPSA) is 69.6 Å². The number of halogens is 1. The molecule has 1 aromatic carbocycles. The van der Waals surface area contributed by atoms with Crippen molar-refractivity contribution in [2.45, 2.75) is 0 Å². The fourth-order valence-electron chi connectivity index (χ4n) is 1.80. The highest BCUT2D eigenvalue weighted by atomic mass is 19.1. The lowest BCUT2D eigenvalue weighted by Crippen LogP contribution is -2.02. The van der Waals surface area contributed by atoms with Gasteiger partial charge in [0.25, 0.3) is 0 Å². The summed E-state index contributed by atoms with van der Waals surface area (Å²) in [6.07, 6.45) is 3.30. The van der Waals surface area contributed by atoms with Crippen LogP contribution in [-0.2, 0) is 0 Å². The van der Waals surface area contributed by atoms with Gasteiger partial charge < -0.3 is 5.73 Å². The third-order valence-electron chi connectivity index (χ3n) is 2.71. The van der Waals surface area contributed by atoms with Crippen LogP contribution in [0.15, 0.2) is 48.8 Å². The van der Waals surface area contributed by atoms with Crippen LogP contribution in [-0.4, -0.2) is 20.0 Å². The monoisotopic (exact) mass is 255 g/mol. The van der Waals surface area contributed by atoms with Gasteiger partial charge in [0, 0.05) is 18.0 Å². The van der Waals surface area contributed by atoms with E-state index in [1.165, 1.54) is 16.8 Å². The van der Waals surface area contributed by atoms with Gasteiger partial charge in [-0.1, -0.05) is 11.3 Å². The number of nitrogens with zero attached hydrogens (tertiary/aromatic N) is 4. The molecule has 0 fully saturated rings. The lowest BCUT2D eigenvalue weighted by Gasteiger charge is -2.03. The lowest BCUT2D eigenvalue weighted by atomic mass is 10.2. The molecule has 5 nitrogen and oxygen atoms in total. The summed E-state index contributed by atoms with van der Waals surface area (Å²) in [7, 11) is 0. The van der Waals surface area contributed by atoms with E-state index >= 15 is 0 Å². The van der Waals surface area contributed by atoms with Gasteiger partial charge in [-0.05, 0) is 30.3 Å². The molecule has 2 aromatic heterocycles. The van der Waals surface area contributed by atoms with Gasteiger partial charge in [-0.25, -0.2) is 4.39 Å². The van der Waals surface area contributed by atoms with Gasteiger partial charge in [0.15, 0.2) is 5.82 Å². The summed E-state index contributed by atoms with van der Waals surface area (Å²) in [6, 6.07) is 9.59. The molecule has 0 amide bonds. The van der Waals surface area contributed by atoms with E-state index in [1.54, 1.807) is 36.7 Å². The summed E-state index contributed by atoms with van der Waals surface area (Å²) in [6.45, 7) is 0. The Bertz CT molecular complexity index is 708. The molecule has 0 bridgehead atoms. The van der Waals surface area contributed by atoms with Crippen LogP contribution in [0, 0.1) is 5.82 Å². The quantitative estimate of drug-likeness (QED) is 0.760. The molecule has 94 valence electrons. The number of aromatic nitrogens is 4. The van der Waals surface area contributed by atoms with E-state index in [0.29, 0.717) is 17.2 Å². The third-order valence-corrected chi connectivity index (χ3v) is 2.71. The van der Waals surface area contributed by atoms with Crippen molar-refractivity contribution >= 4 is 5.82 Å². The predicted molar refractivity (Wildman–Crippen MR) is 69.0 cm³/mol. The van der Waals surface area contributed by atoms with Crippen LogP contribution in [0.2, 0.25) is 0 Å². The summed E-state index contributed by atoms with van der Waals surface area (Å²) in [5.41, 5.74) is 7.91. The van der Waals surface area contributed by atoms with Crippen molar-refractivity contribution in [1.29, 1.82) is 0 Å². The minimum Gasteiger partial charge on any atom is -0.382 e. The minimum atomic E-state index is -0.349. The zero-order chi connectivity index (χ0) is 13.2. The zero-order valence-corrected chi connectivity index (χ0v) is 9.86. The van der Waals surface area contributed by atoms with Crippen molar-refractivity contribution in [3.8, 4) is 16.9 Å². The molecule has 19 heavy (non-hydrogen) atoms. The summed E-state index contributed by atoms with van der Waals surface area (Å²) in [5.74, 6) is 0.00895. The third kappa shape index (κ3) is 2.03. The molecule has 0 spiro atoms. The number of anilines is 1. The number of pyridine rings is 1. The van der Waals surface area contributed by atoms with Crippen LogP contribution >= 0.6 is 0 Å². The van der Waals surface area contributed by atoms with Crippen LogP contribution in [0.3, 0.4) is 0 Å². The first-order valence-electron chi connectivity index (χ1n) is 5.63. The standard InChI is InChI=1S/C13H10FN5/c14-10-2-1-3-11(8-10)19-13(15)12(17-18-19)9-4-6-16-7-5-9/h1-8H,15H2. The fraction of sp³-hybridized carbons (Fsp3) is 0. The first-order valence-corrected chi connectivity index (χ1v) is 5.63. The maximum Gasteiger partial charge on any atom is 0.155 e. The average Bonchev–Trinajstić information content (AvgIpc) is 2.81. The number of hydrogen-bond acceptors (Lipinski definition) is 4. The van der Waals surface area contributed by atoms with Gasteiger partial charge >= 0.3 is 0 Å². The van der Waals surface area contributed by atoms with Crippen molar-refractivity contribution < 1.29 is 4.39 Å². The first-order chi connectivity index (χ1) is 9.25. The zero-order valence-electron chi connectivity index (χ0n) is 9.86. The van der Waals surface area contributed by atoms with Gasteiger partial charge in [-0.3, -0.25) is 4.98 Å². The Hall–Kier alpha value is -2.76. The molecule has 2 heterocycles. The Morgan fingerprint density at radius 2 is 1.89 bits per heavy atom. The molecule has 0 unspecified atom stereocenters. The molecule has 0 aliphatic rings. The first kappa shape index (κ1) is 11.3. The van der Waals surface area contributed by atoms with E-state index < -0.39 is 0 Å². The highest BCUT2D eigenvalue weighted by Crippen LogP contribution is 2.24. The Labute approximate surface area is 108 Å². The van der Waals surface area contributed by atoms with Gasteiger partial charge in [-0.15, -0.1) is 5.10 Å². The SMILES string of the molecule is Nc1c(-c2ccncc2)nnn1-c1cccc(F)c1. The summed E-state index contributed by atoms with van der Waals surface area (Å²) >= 11 is 0. The Morgan fingerprint density at radius 1 is 1.11 bits per heavy atom. The normalized spacial score (nSPS) is 10.6. The predicted octanol–water partition coefficient (Wildman–Crippen LogP) is 2.05. The second-order valence-corrected chi connectivity index (χ2v) is 3.95. The summed E-state index contributed by atoms with van der Waals surface area (Å²) < 4.78 is 14.6. The molecule has 3 rings (SSSR count). The molecular weight excluding hydrogens is 245 g/mol. The van der Waals surface area contributed by atoms with E-state index in [-0.39, 0.29) is 5.82 Å². The van der Waals surface area contributed by atoms with Gasteiger partial charge in [0.1, 0.15) is 11.5 Å². The van der Waals surface area contributed by atoms with Gasteiger partial charge in [-0.2, -0.15) is 4.68 Å². The molecule has 0 aliphatic heterocycles. The van der Waals surface area contributed by atoms with Crippen molar-refractivity contribution in [3.63, 3.8) is 0 Å². The van der Waals surface area contributed by atoms with E-state index in [9.17, 15) is 4.39 Å². The summed E-state index contributed by atoms with van der Waals surface area (Å²) in [5, 5.41) is 7.99. The molecule has 0 radical (unpaired) electrons. The average molecular weight is 255 g/mol. The molecule has 0 saturated carbocycles. The maximum atomic E-state index is 13.2. The summed E-state index contributed by atoms with van der Waals surface area (Å²) in [4.78, 5) is 3.93. The van der Waals surface area contributed by atoms with Crippen LogP contribution in [0.1, 0.15) is 0 Å². The Morgan fingerprint density at radius 3 is 2.63 bits per heavy atom. The molecule has 0 aliphatic carbocycles. The molecule has 3 aromatic rings. The highest BCUT2D eigenvalue weighted by molar-refractivity contribution is 5.70. The van der Waals surface area contributed by atoms with Crippen LogP contribution in [0.4, 0.5) is 10.2 Å². The van der Waals surface area contributed by atoms with Crippen LogP contribution in [0.25, 0.3) is 16.9 Å². The lowest BCUT2D eigenvalue weighted by molar-refractivity contribution is 0.625. The minimum absolute atomic E-state index is 0.349. The van der Waals surface area contributed by atoms with E-state index in [0.717, 1.165) is 5.56 Å². The fourth-order valence-corrected chi connectivity index (χ4v) is 1.80. The Balaban J connectivity index is 2.09.